The standard InChI is InChI=1S/C16H24BrClN2/c1-2-5-14(12-17)13-19-8-10-20(11-9-19)16-7-4-3-6-15(16)18/h3-4,6-7,14H,2,5,8-13H2,1H3. The van der Waals surface area contributed by atoms with E-state index in [1.54, 1.807) is 0 Å². The molecule has 0 N–H and O–H groups in total. The van der Waals surface area contributed by atoms with Crippen LogP contribution in [0.4, 0.5) is 5.69 Å². The van der Waals surface area contributed by atoms with Crippen molar-refractivity contribution in [3.05, 3.63) is 29.3 Å². The van der Waals surface area contributed by atoms with E-state index in [1.165, 1.54) is 25.1 Å². The summed E-state index contributed by atoms with van der Waals surface area (Å²) in [6.07, 6.45) is 2.59. The first kappa shape index (κ1) is 16.1. The van der Waals surface area contributed by atoms with E-state index in [0.717, 1.165) is 42.4 Å². The molecule has 1 fully saturated rings. The van der Waals surface area contributed by atoms with Crippen molar-refractivity contribution in [2.45, 2.75) is 19.8 Å². The molecule has 0 aliphatic carbocycles. The zero-order valence-electron chi connectivity index (χ0n) is 12.2. The fourth-order valence-corrected chi connectivity index (χ4v) is 3.65. The number of anilines is 1. The number of benzene rings is 1. The molecule has 1 aromatic carbocycles. The van der Waals surface area contributed by atoms with Crippen LogP contribution in [-0.4, -0.2) is 43.0 Å². The summed E-state index contributed by atoms with van der Waals surface area (Å²) in [6, 6.07) is 8.16. The van der Waals surface area contributed by atoms with Crippen LogP contribution in [0.5, 0.6) is 0 Å². The van der Waals surface area contributed by atoms with Crippen molar-refractivity contribution in [2.24, 2.45) is 5.92 Å². The second kappa shape index (κ2) is 8.26. The van der Waals surface area contributed by atoms with Crippen molar-refractivity contribution in [3.63, 3.8) is 0 Å². The van der Waals surface area contributed by atoms with Crippen LogP contribution in [0.15, 0.2) is 24.3 Å². The van der Waals surface area contributed by atoms with E-state index >= 15 is 0 Å². The normalized spacial score (nSPS) is 18.2. The van der Waals surface area contributed by atoms with E-state index in [4.69, 9.17) is 11.6 Å². The predicted octanol–water partition coefficient (Wildman–Crippen LogP) is 4.27. The second-order valence-electron chi connectivity index (χ2n) is 5.55. The van der Waals surface area contributed by atoms with Gasteiger partial charge in [-0.05, 0) is 24.5 Å². The SMILES string of the molecule is CCCC(CBr)CN1CCN(c2ccccc2Cl)CC1. The molecule has 2 nitrogen and oxygen atoms in total. The lowest BCUT2D eigenvalue weighted by Gasteiger charge is -2.37. The number of rotatable bonds is 6. The van der Waals surface area contributed by atoms with Gasteiger partial charge >= 0.3 is 0 Å². The maximum absolute atomic E-state index is 6.28. The van der Waals surface area contributed by atoms with Gasteiger partial charge in [-0.2, -0.15) is 0 Å². The van der Waals surface area contributed by atoms with Gasteiger partial charge in [0, 0.05) is 38.1 Å². The Morgan fingerprint density at radius 2 is 1.90 bits per heavy atom. The first-order valence-electron chi connectivity index (χ1n) is 7.52. The summed E-state index contributed by atoms with van der Waals surface area (Å²) in [5.74, 6) is 0.784. The smallest absolute Gasteiger partial charge is 0.0639 e. The molecule has 0 spiro atoms. The Morgan fingerprint density at radius 3 is 2.50 bits per heavy atom. The van der Waals surface area contributed by atoms with Crippen LogP contribution in [0.2, 0.25) is 5.02 Å². The molecule has 0 amide bonds. The van der Waals surface area contributed by atoms with Gasteiger partial charge in [0.15, 0.2) is 0 Å². The average Bonchev–Trinajstić information content (AvgIpc) is 2.48. The lowest BCUT2D eigenvalue weighted by molar-refractivity contribution is 0.222. The quantitative estimate of drug-likeness (QED) is 0.700. The summed E-state index contributed by atoms with van der Waals surface area (Å²) < 4.78 is 0. The molecule has 1 heterocycles. The van der Waals surface area contributed by atoms with Crippen LogP contribution >= 0.6 is 27.5 Å². The van der Waals surface area contributed by atoms with Crippen LogP contribution in [-0.2, 0) is 0 Å². The van der Waals surface area contributed by atoms with Crippen LogP contribution in [0, 0.1) is 5.92 Å². The molecular weight excluding hydrogens is 336 g/mol. The number of halogens is 2. The molecule has 20 heavy (non-hydrogen) atoms. The van der Waals surface area contributed by atoms with E-state index in [-0.39, 0.29) is 0 Å². The lowest BCUT2D eigenvalue weighted by atomic mass is 10.1. The Kier molecular flexibility index (Phi) is 6.66. The van der Waals surface area contributed by atoms with Gasteiger partial charge in [0.2, 0.25) is 0 Å². The molecule has 0 aromatic heterocycles. The van der Waals surface area contributed by atoms with Gasteiger partial charge < -0.3 is 4.90 Å². The van der Waals surface area contributed by atoms with Crippen LogP contribution < -0.4 is 4.90 Å². The summed E-state index contributed by atoms with van der Waals surface area (Å²) >= 11 is 9.93. The topological polar surface area (TPSA) is 6.48 Å². The van der Waals surface area contributed by atoms with Crippen molar-refractivity contribution in [2.75, 3.05) is 43.0 Å². The molecule has 112 valence electrons. The summed E-state index contributed by atoms with van der Waals surface area (Å²) in [5.41, 5.74) is 1.18. The minimum absolute atomic E-state index is 0.784. The average molecular weight is 360 g/mol. The Hall–Kier alpha value is -0.250. The molecule has 1 atom stereocenters. The highest BCUT2D eigenvalue weighted by Crippen LogP contribution is 2.26. The minimum Gasteiger partial charge on any atom is -0.368 e. The van der Waals surface area contributed by atoms with Crippen LogP contribution in [0.25, 0.3) is 0 Å². The molecular formula is C16H24BrClN2. The predicted molar refractivity (Wildman–Crippen MR) is 92.3 cm³/mol. The lowest BCUT2D eigenvalue weighted by Crippen LogP contribution is -2.48. The summed E-state index contributed by atoms with van der Waals surface area (Å²) in [6.45, 7) is 7.91. The second-order valence-corrected chi connectivity index (χ2v) is 6.60. The van der Waals surface area contributed by atoms with Crippen molar-refractivity contribution < 1.29 is 0 Å². The van der Waals surface area contributed by atoms with Crippen LogP contribution in [0.3, 0.4) is 0 Å². The monoisotopic (exact) mass is 358 g/mol. The van der Waals surface area contributed by atoms with Gasteiger partial charge in [-0.25, -0.2) is 0 Å². The van der Waals surface area contributed by atoms with E-state index in [2.05, 4.69) is 44.8 Å². The molecule has 2 rings (SSSR count). The molecule has 0 saturated carbocycles. The molecule has 1 aromatic rings. The third-order valence-electron chi connectivity index (χ3n) is 4.00. The van der Waals surface area contributed by atoms with Gasteiger partial charge in [0.25, 0.3) is 0 Å². The number of hydrogen-bond acceptors (Lipinski definition) is 2. The summed E-state index contributed by atoms with van der Waals surface area (Å²) in [7, 11) is 0. The Bertz CT molecular complexity index is 405. The van der Waals surface area contributed by atoms with E-state index in [1.807, 2.05) is 12.1 Å². The summed E-state index contributed by atoms with van der Waals surface area (Å²) in [5, 5.41) is 1.98. The van der Waals surface area contributed by atoms with E-state index in [0.29, 0.717) is 0 Å². The van der Waals surface area contributed by atoms with Gasteiger partial charge in [-0.1, -0.05) is 53.0 Å². The fraction of sp³-hybridized carbons (Fsp3) is 0.625. The molecule has 1 aliphatic heterocycles. The first-order chi connectivity index (χ1) is 9.74. The highest BCUT2D eigenvalue weighted by Gasteiger charge is 2.20. The Morgan fingerprint density at radius 1 is 1.20 bits per heavy atom. The number of alkyl halides is 1. The van der Waals surface area contributed by atoms with Crippen molar-refractivity contribution in [1.29, 1.82) is 0 Å². The van der Waals surface area contributed by atoms with Gasteiger partial charge in [0.1, 0.15) is 0 Å². The zero-order valence-corrected chi connectivity index (χ0v) is 14.5. The van der Waals surface area contributed by atoms with E-state index < -0.39 is 0 Å². The molecule has 1 saturated heterocycles. The molecule has 0 radical (unpaired) electrons. The van der Waals surface area contributed by atoms with E-state index in [9.17, 15) is 0 Å². The largest absolute Gasteiger partial charge is 0.368 e. The minimum atomic E-state index is 0.784. The maximum Gasteiger partial charge on any atom is 0.0639 e. The molecule has 1 aliphatic rings. The third kappa shape index (κ3) is 4.37. The van der Waals surface area contributed by atoms with Crippen molar-refractivity contribution >= 4 is 33.2 Å². The number of piperazine rings is 1. The third-order valence-corrected chi connectivity index (χ3v) is 5.23. The fourth-order valence-electron chi connectivity index (χ4n) is 2.87. The number of para-hydroxylation sites is 1. The molecule has 0 bridgehead atoms. The first-order valence-corrected chi connectivity index (χ1v) is 9.02. The van der Waals surface area contributed by atoms with Gasteiger partial charge in [-0.3, -0.25) is 4.90 Å². The number of nitrogens with zero attached hydrogens (tertiary/aromatic N) is 2. The summed E-state index contributed by atoms with van der Waals surface area (Å²) in [4.78, 5) is 5.00. The zero-order chi connectivity index (χ0) is 14.4. The Labute approximate surface area is 136 Å². The maximum atomic E-state index is 6.28. The molecule has 4 heteroatoms. The van der Waals surface area contributed by atoms with Crippen LogP contribution in [0.1, 0.15) is 19.8 Å². The molecule has 1 unspecified atom stereocenters. The van der Waals surface area contributed by atoms with Gasteiger partial charge in [-0.15, -0.1) is 0 Å². The van der Waals surface area contributed by atoms with Crippen molar-refractivity contribution in [1.82, 2.24) is 4.90 Å². The van der Waals surface area contributed by atoms with Gasteiger partial charge in [0.05, 0.1) is 10.7 Å². The van der Waals surface area contributed by atoms with Crippen molar-refractivity contribution in [3.8, 4) is 0 Å². The number of hydrogen-bond donors (Lipinski definition) is 0. The Balaban J connectivity index is 1.85. The highest BCUT2D eigenvalue weighted by molar-refractivity contribution is 9.09. The highest BCUT2D eigenvalue weighted by atomic mass is 79.9.